The summed E-state index contributed by atoms with van der Waals surface area (Å²) < 4.78 is 35.6. The number of aromatic nitrogens is 1. The fraction of sp³-hybridized carbons (Fsp3) is 0.250. The van der Waals surface area contributed by atoms with E-state index in [4.69, 9.17) is 4.79 Å². The number of hydrogen-bond acceptors (Lipinski definition) is 2. The Kier molecular flexibility index (Phi) is 4.10. The molecule has 0 radical (unpaired) electrons. The standard InChI is InChI=1S/C7H6F3N.CH2O/c1-5-2-3-6(11-4-5)7(8,9)10;1-2/h2-4H,1H3;1H2. The lowest BCUT2D eigenvalue weighted by Gasteiger charge is -2.03. The van der Waals surface area contributed by atoms with Crippen LogP contribution >= 0.6 is 0 Å². The minimum absolute atomic E-state index is 0.720. The minimum Gasteiger partial charge on any atom is -0.307 e. The van der Waals surface area contributed by atoms with E-state index in [1.807, 2.05) is 6.79 Å². The maximum atomic E-state index is 11.9. The van der Waals surface area contributed by atoms with Crippen LogP contribution in [0, 0.1) is 6.92 Å². The first-order chi connectivity index (χ1) is 6.00. The van der Waals surface area contributed by atoms with Crippen molar-refractivity contribution in [3.05, 3.63) is 29.6 Å². The maximum Gasteiger partial charge on any atom is 0.433 e. The molecule has 0 N–H and O–H groups in total. The van der Waals surface area contributed by atoms with Crippen molar-refractivity contribution in [2.45, 2.75) is 13.1 Å². The van der Waals surface area contributed by atoms with E-state index in [0.717, 1.165) is 11.6 Å². The third kappa shape index (κ3) is 3.68. The second kappa shape index (κ2) is 4.59. The monoisotopic (exact) mass is 191 g/mol. The first-order valence-corrected chi connectivity index (χ1v) is 3.29. The molecule has 1 heterocycles. The lowest BCUT2D eigenvalue weighted by Crippen LogP contribution is -2.07. The van der Waals surface area contributed by atoms with Gasteiger partial charge in [0, 0.05) is 6.20 Å². The zero-order chi connectivity index (χ0) is 10.5. The number of aryl methyl sites for hydroxylation is 1. The summed E-state index contributed by atoms with van der Waals surface area (Å²) in [7, 11) is 0. The first-order valence-electron chi connectivity index (χ1n) is 3.29. The van der Waals surface area contributed by atoms with Crippen molar-refractivity contribution in [1.29, 1.82) is 0 Å². The Morgan fingerprint density at radius 2 is 1.85 bits per heavy atom. The molecule has 0 saturated carbocycles. The molecule has 0 aliphatic rings. The van der Waals surface area contributed by atoms with Gasteiger partial charge in [0.05, 0.1) is 0 Å². The summed E-state index contributed by atoms with van der Waals surface area (Å²) in [6.45, 7) is 3.69. The van der Waals surface area contributed by atoms with Crippen LogP contribution in [-0.4, -0.2) is 11.8 Å². The van der Waals surface area contributed by atoms with Crippen molar-refractivity contribution in [2.75, 3.05) is 0 Å². The summed E-state index contributed by atoms with van der Waals surface area (Å²) in [5.74, 6) is 0. The van der Waals surface area contributed by atoms with E-state index in [1.165, 1.54) is 12.3 Å². The largest absolute Gasteiger partial charge is 0.433 e. The average Bonchev–Trinajstić information content (AvgIpc) is 2.07. The van der Waals surface area contributed by atoms with Crippen LogP contribution in [0.15, 0.2) is 18.3 Å². The topological polar surface area (TPSA) is 30.0 Å². The molecule has 5 heteroatoms. The Balaban J connectivity index is 0.000000671. The van der Waals surface area contributed by atoms with Gasteiger partial charge in [-0.1, -0.05) is 6.07 Å². The summed E-state index contributed by atoms with van der Waals surface area (Å²) in [4.78, 5) is 11.2. The van der Waals surface area contributed by atoms with Crippen LogP contribution in [0.25, 0.3) is 0 Å². The SMILES string of the molecule is C=O.Cc1ccc(C(F)(F)F)nc1. The van der Waals surface area contributed by atoms with Gasteiger partial charge in [-0.05, 0) is 18.6 Å². The molecule has 13 heavy (non-hydrogen) atoms. The summed E-state index contributed by atoms with van der Waals surface area (Å²) in [6.07, 6.45) is -3.13. The van der Waals surface area contributed by atoms with Gasteiger partial charge in [0.2, 0.25) is 0 Å². The minimum atomic E-state index is -4.33. The van der Waals surface area contributed by atoms with E-state index in [0.29, 0.717) is 0 Å². The quantitative estimate of drug-likeness (QED) is 0.629. The second-order valence-electron chi connectivity index (χ2n) is 2.22. The number of rotatable bonds is 0. The highest BCUT2D eigenvalue weighted by molar-refractivity contribution is 5.14. The molecule has 0 aromatic carbocycles. The first kappa shape index (κ1) is 11.6. The summed E-state index contributed by atoms with van der Waals surface area (Å²) in [6, 6.07) is 2.35. The molecular weight excluding hydrogens is 183 g/mol. The fourth-order valence-corrected chi connectivity index (χ4v) is 0.635. The highest BCUT2D eigenvalue weighted by Crippen LogP contribution is 2.26. The molecule has 0 fully saturated rings. The lowest BCUT2D eigenvalue weighted by molar-refractivity contribution is -0.141. The van der Waals surface area contributed by atoms with Gasteiger partial charge in [-0.15, -0.1) is 0 Å². The van der Waals surface area contributed by atoms with Crippen LogP contribution in [0.4, 0.5) is 13.2 Å². The second-order valence-corrected chi connectivity index (χ2v) is 2.22. The molecular formula is C8H8F3NO. The normalized spacial score (nSPS) is 10.2. The van der Waals surface area contributed by atoms with E-state index >= 15 is 0 Å². The van der Waals surface area contributed by atoms with Gasteiger partial charge >= 0.3 is 6.18 Å². The van der Waals surface area contributed by atoms with Crippen molar-refractivity contribution >= 4 is 6.79 Å². The van der Waals surface area contributed by atoms with Gasteiger partial charge in [0.15, 0.2) is 0 Å². The molecule has 2 nitrogen and oxygen atoms in total. The van der Waals surface area contributed by atoms with Crippen molar-refractivity contribution in [3.63, 3.8) is 0 Å². The van der Waals surface area contributed by atoms with Crippen LogP contribution in [0.2, 0.25) is 0 Å². The van der Waals surface area contributed by atoms with E-state index in [-0.39, 0.29) is 0 Å². The van der Waals surface area contributed by atoms with E-state index in [2.05, 4.69) is 4.98 Å². The van der Waals surface area contributed by atoms with Crippen LogP contribution in [0.5, 0.6) is 0 Å². The number of carbonyl (C=O) groups excluding carboxylic acids is 1. The fourth-order valence-electron chi connectivity index (χ4n) is 0.635. The molecule has 0 unspecified atom stereocenters. The Labute approximate surface area is 73.4 Å². The number of halogens is 3. The molecule has 0 amide bonds. The summed E-state index contributed by atoms with van der Waals surface area (Å²) >= 11 is 0. The molecule has 1 aromatic heterocycles. The Bertz CT molecular complexity index is 255. The van der Waals surface area contributed by atoms with Gasteiger partial charge in [-0.25, -0.2) is 0 Å². The van der Waals surface area contributed by atoms with Gasteiger partial charge in [0.1, 0.15) is 12.5 Å². The number of hydrogen-bond donors (Lipinski definition) is 0. The predicted octanol–water partition coefficient (Wildman–Crippen LogP) is 2.22. The molecule has 72 valence electrons. The summed E-state index contributed by atoms with van der Waals surface area (Å²) in [5.41, 5.74) is -0.124. The lowest BCUT2D eigenvalue weighted by atomic mass is 10.3. The van der Waals surface area contributed by atoms with E-state index in [9.17, 15) is 13.2 Å². The Hall–Kier alpha value is -1.39. The van der Waals surface area contributed by atoms with Gasteiger partial charge in [-0.3, -0.25) is 4.98 Å². The van der Waals surface area contributed by atoms with Crippen molar-refractivity contribution in [2.24, 2.45) is 0 Å². The Morgan fingerprint density at radius 3 is 2.15 bits per heavy atom. The van der Waals surface area contributed by atoms with Crippen LogP contribution in [0.3, 0.4) is 0 Å². The zero-order valence-electron chi connectivity index (χ0n) is 6.93. The van der Waals surface area contributed by atoms with E-state index < -0.39 is 11.9 Å². The zero-order valence-corrected chi connectivity index (χ0v) is 6.93. The van der Waals surface area contributed by atoms with Gasteiger partial charge in [0.25, 0.3) is 0 Å². The number of nitrogens with zero attached hydrogens (tertiary/aromatic N) is 1. The third-order valence-corrected chi connectivity index (χ3v) is 1.20. The molecule has 0 aliphatic carbocycles. The Morgan fingerprint density at radius 1 is 1.31 bits per heavy atom. The highest BCUT2D eigenvalue weighted by Gasteiger charge is 2.31. The van der Waals surface area contributed by atoms with Crippen molar-refractivity contribution in [3.8, 4) is 0 Å². The molecule has 1 rings (SSSR count). The predicted molar refractivity (Wildman–Crippen MR) is 41.1 cm³/mol. The highest BCUT2D eigenvalue weighted by atomic mass is 19.4. The van der Waals surface area contributed by atoms with Crippen molar-refractivity contribution < 1.29 is 18.0 Å². The van der Waals surface area contributed by atoms with Crippen LogP contribution in [0.1, 0.15) is 11.3 Å². The maximum absolute atomic E-state index is 11.9. The molecule has 0 bridgehead atoms. The van der Waals surface area contributed by atoms with Crippen molar-refractivity contribution in [1.82, 2.24) is 4.98 Å². The van der Waals surface area contributed by atoms with Gasteiger partial charge < -0.3 is 4.79 Å². The van der Waals surface area contributed by atoms with E-state index in [1.54, 1.807) is 6.92 Å². The third-order valence-electron chi connectivity index (χ3n) is 1.20. The smallest absolute Gasteiger partial charge is 0.307 e. The van der Waals surface area contributed by atoms with Crippen LogP contribution < -0.4 is 0 Å². The summed E-state index contributed by atoms with van der Waals surface area (Å²) in [5, 5.41) is 0. The number of carbonyl (C=O) groups is 1. The number of alkyl halides is 3. The van der Waals surface area contributed by atoms with Crippen LogP contribution in [-0.2, 0) is 11.0 Å². The average molecular weight is 191 g/mol. The molecule has 0 spiro atoms. The molecule has 0 atom stereocenters. The van der Waals surface area contributed by atoms with Gasteiger partial charge in [-0.2, -0.15) is 13.2 Å². The number of pyridine rings is 1. The molecule has 1 aromatic rings. The molecule has 0 aliphatic heterocycles. The molecule has 0 saturated heterocycles.